The van der Waals surface area contributed by atoms with Gasteiger partial charge >= 0.3 is 0 Å². The molecule has 0 saturated carbocycles. The van der Waals surface area contributed by atoms with Crippen molar-refractivity contribution < 1.29 is 0 Å². The number of benzene rings is 3. The minimum absolute atomic E-state index is 0.661. The number of pyridine rings is 1. The van der Waals surface area contributed by atoms with Gasteiger partial charge in [-0.1, -0.05) is 79.9 Å². The Labute approximate surface area is 204 Å². The normalized spacial score (nSPS) is 13.0. The minimum atomic E-state index is 0.661. The van der Waals surface area contributed by atoms with Crippen LogP contribution >= 0.6 is 11.6 Å². The fourth-order valence-corrected chi connectivity index (χ4v) is 4.82. The maximum atomic E-state index is 6.65. The molecular weight excluding hydrogens is 440 g/mol. The first-order valence-electron chi connectivity index (χ1n) is 11.1. The molecule has 3 aromatic carbocycles. The second kappa shape index (κ2) is 8.73. The zero-order valence-electron chi connectivity index (χ0n) is 18.8. The van der Waals surface area contributed by atoms with Gasteiger partial charge in [0, 0.05) is 50.2 Å². The van der Waals surface area contributed by atoms with E-state index in [2.05, 4.69) is 66.4 Å². The summed E-state index contributed by atoms with van der Waals surface area (Å²) in [6.07, 6.45) is 5.19. The van der Waals surface area contributed by atoms with E-state index in [1.807, 2.05) is 41.6 Å². The van der Waals surface area contributed by atoms with Crippen molar-refractivity contribution >= 4 is 39.4 Å². The molecule has 0 radical (unpaired) electrons. The first-order chi connectivity index (χ1) is 16.4. The molecule has 168 valence electrons. The maximum absolute atomic E-state index is 6.65. The molecule has 5 heteroatoms. The lowest BCUT2D eigenvalue weighted by Crippen LogP contribution is -2.29. The molecule has 0 aliphatic carbocycles. The van der Waals surface area contributed by atoms with Crippen LogP contribution in [0.5, 0.6) is 0 Å². The van der Waals surface area contributed by atoms with Gasteiger partial charge in [-0.15, -0.1) is 0 Å². The van der Waals surface area contributed by atoms with Gasteiger partial charge in [-0.3, -0.25) is 9.88 Å². The number of aryl methyl sites for hydroxylation is 1. The number of hydrogen-bond donors (Lipinski definition) is 2. The number of nitrogens with two attached hydrogens (primary N) is 1. The Kier molecular flexibility index (Phi) is 5.60. The summed E-state index contributed by atoms with van der Waals surface area (Å²) in [5.74, 6) is 0.714. The van der Waals surface area contributed by atoms with Gasteiger partial charge in [-0.2, -0.15) is 0 Å². The second-order valence-electron chi connectivity index (χ2n) is 8.43. The Morgan fingerprint density at radius 2 is 1.85 bits per heavy atom. The zero-order chi connectivity index (χ0) is 23.8. The van der Waals surface area contributed by atoms with Crippen LogP contribution in [0, 0.1) is 0 Å². The van der Waals surface area contributed by atoms with E-state index in [4.69, 9.17) is 17.3 Å². The van der Waals surface area contributed by atoms with Gasteiger partial charge in [0.1, 0.15) is 5.82 Å². The molecule has 0 amide bonds. The number of nitrogens with zero attached hydrogens (tertiary/aromatic N) is 2. The van der Waals surface area contributed by atoms with E-state index in [0.29, 0.717) is 23.0 Å². The van der Waals surface area contributed by atoms with Gasteiger partial charge < -0.3 is 11.1 Å². The van der Waals surface area contributed by atoms with Crippen molar-refractivity contribution in [3.05, 3.63) is 120 Å². The fourth-order valence-electron chi connectivity index (χ4n) is 4.51. The number of halogens is 1. The van der Waals surface area contributed by atoms with E-state index in [1.165, 1.54) is 0 Å². The maximum Gasteiger partial charge on any atom is 0.108 e. The molecule has 0 unspecified atom stereocenters. The van der Waals surface area contributed by atoms with Crippen LogP contribution in [0.15, 0.2) is 104 Å². The third-order valence-electron chi connectivity index (χ3n) is 6.14. The molecule has 4 aromatic rings. The second-order valence-corrected chi connectivity index (χ2v) is 8.83. The van der Waals surface area contributed by atoms with Crippen LogP contribution in [0.4, 0.5) is 11.4 Å². The number of anilines is 2. The first kappa shape index (κ1) is 21.8. The Morgan fingerprint density at radius 1 is 1.03 bits per heavy atom. The molecule has 4 nitrogen and oxygen atoms in total. The molecule has 0 saturated heterocycles. The van der Waals surface area contributed by atoms with Gasteiger partial charge in [-0.05, 0) is 36.1 Å². The highest BCUT2D eigenvalue weighted by atomic mass is 35.5. The van der Waals surface area contributed by atoms with Crippen LogP contribution in [-0.4, -0.2) is 4.98 Å². The minimum Gasteiger partial charge on any atom is -0.403 e. The molecule has 2 heterocycles. The molecule has 5 rings (SSSR count). The molecule has 3 N–H and O–H groups in total. The third kappa shape index (κ3) is 3.82. The molecule has 34 heavy (non-hydrogen) atoms. The van der Waals surface area contributed by atoms with Crippen LogP contribution in [0.2, 0.25) is 5.02 Å². The van der Waals surface area contributed by atoms with Crippen LogP contribution < -0.4 is 16.0 Å². The van der Waals surface area contributed by atoms with E-state index < -0.39 is 0 Å². The smallest absolute Gasteiger partial charge is 0.108 e. The molecule has 1 aliphatic rings. The van der Waals surface area contributed by atoms with Gasteiger partial charge in [0.15, 0.2) is 0 Å². The number of allylic oxidation sites excluding steroid dienone is 1. The Morgan fingerprint density at radius 3 is 2.68 bits per heavy atom. The van der Waals surface area contributed by atoms with Gasteiger partial charge in [0.05, 0.1) is 11.9 Å². The van der Waals surface area contributed by atoms with Crippen LogP contribution in [-0.2, 0) is 6.42 Å². The van der Waals surface area contributed by atoms with Crippen molar-refractivity contribution in [2.24, 2.45) is 5.73 Å². The number of hydrogen-bond acceptors (Lipinski definition) is 4. The van der Waals surface area contributed by atoms with Crippen molar-refractivity contribution in [2.45, 2.75) is 12.8 Å². The van der Waals surface area contributed by atoms with Crippen LogP contribution in [0.25, 0.3) is 27.6 Å². The monoisotopic (exact) mass is 464 g/mol. The summed E-state index contributed by atoms with van der Waals surface area (Å²) >= 11 is 6.65. The first-order valence-corrected chi connectivity index (χ1v) is 11.4. The van der Waals surface area contributed by atoms with E-state index in [0.717, 1.165) is 56.5 Å². The predicted octanol–water partition coefficient (Wildman–Crippen LogP) is 7.33. The summed E-state index contributed by atoms with van der Waals surface area (Å²) in [4.78, 5) is 6.45. The number of aromatic nitrogens is 1. The predicted molar refractivity (Wildman–Crippen MR) is 145 cm³/mol. The van der Waals surface area contributed by atoms with E-state index in [1.54, 1.807) is 0 Å². The molecule has 0 fully saturated rings. The van der Waals surface area contributed by atoms with Crippen LogP contribution in [0.1, 0.15) is 17.5 Å². The fraction of sp³-hybridized carbons (Fsp3) is 0.0690. The average Bonchev–Trinajstić information content (AvgIpc) is 2.82. The van der Waals surface area contributed by atoms with Crippen molar-refractivity contribution in [3.8, 4) is 11.1 Å². The summed E-state index contributed by atoms with van der Waals surface area (Å²) in [6, 6.07) is 20.4. The average molecular weight is 465 g/mol. The number of nitrogens with one attached hydrogen (secondary N) is 1. The zero-order valence-corrected chi connectivity index (χ0v) is 19.6. The SMILES string of the molecule is C=C(N)CCc1cccc(Cl)c1-c1ccc2c(c1)NC(=C)N(c1cncc3ccccc13)C2=C. The summed E-state index contributed by atoms with van der Waals surface area (Å²) in [7, 11) is 0. The summed E-state index contributed by atoms with van der Waals surface area (Å²) in [6.45, 7) is 12.5. The van der Waals surface area contributed by atoms with Gasteiger partial charge in [0.25, 0.3) is 0 Å². The van der Waals surface area contributed by atoms with E-state index in [9.17, 15) is 0 Å². The topological polar surface area (TPSA) is 54.2 Å². The van der Waals surface area contributed by atoms with E-state index in [-0.39, 0.29) is 0 Å². The highest BCUT2D eigenvalue weighted by molar-refractivity contribution is 6.33. The molecule has 1 aliphatic heterocycles. The van der Waals surface area contributed by atoms with Gasteiger partial charge in [0.2, 0.25) is 0 Å². The lowest BCUT2D eigenvalue weighted by atomic mass is 9.93. The number of rotatable bonds is 5. The molecular formula is C29H25ClN4. The standard InChI is InChI=1S/C29H25ClN4/c1-18(31)11-12-21-8-6-10-26(30)29(21)22-13-14-24-19(2)34(20(3)33-27(24)15-22)28-17-32-16-23-7-4-5-9-25(23)28/h4-10,13-17,33H,1-3,11-12,31H2. The molecule has 0 atom stereocenters. The molecule has 0 bridgehead atoms. The van der Waals surface area contributed by atoms with E-state index >= 15 is 0 Å². The summed E-state index contributed by atoms with van der Waals surface area (Å²) in [5, 5.41) is 6.32. The lowest BCUT2D eigenvalue weighted by molar-refractivity contribution is 0.933. The Bertz CT molecular complexity index is 1470. The van der Waals surface area contributed by atoms with Crippen molar-refractivity contribution in [3.63, 3.8) is 0 Å². The molecule has 1 aromatic heterocycles. The van der Waals surface area contributed by atoms with Gasteiger partial charge in [-0.25, -0.2) is 0 Å². The van der Waals surface area contributed by atoms with Crippen molar-refractivity contribution in [1.29, 1.82) is 0 Å². The molecule has 0 spiro atoms. The highest BCUT2D eigenvalue weighted by Crippen LogP contribution is 2.42. The highest BCUT2D eigenvalue weighted by Gasteiger charge is 2.26. The Hall–Kier alpha value is -4.02. The number of fused-ring (bicyclic) bond motifs is 2. The largest absolute Gasteiger partial charge is 0.403 e. The third-order valence-corrected chi connectivity index (χ3v) is 6.46. The quantitative estimate of drug-likeness (QED) is 0.324. The van der Waals surface area contributed by atoms with Crippen LogP contribution in [0.3, 0.4) is 0 Å². The summed E-state index contributed by atoms with van der Waals surface area (Å²) in [5.41, 5.74) is 13.3. The lowest BCUT2D eigenvalue weighted by Gasteiger charge is -2.35. The van der Waals surface area contributed by atoms with Crippen molar-refractivity contribution in [1.82, 2.24) is 4.98 Å². The Balaban J connectivity index is 1.56. The van der Waals surface area contributed by atoms with Crippen molar-refractivity contribution in [2.75, 3.05) is 10.2 Å². The summed E-state index contributed by atoms with van der Waals surface area (Å²) < 4.78 is 0.